The molecule has 1 aliphatic rings. The summed E-state index contributed by atoms with van der Waals surface area (Å²) in [6, 6.07) is 3.14. The predicted octanol–water partition coefficient (Wildman–Crippen LogP) is 2.16. The molecule has 2 rings (SSSR count). The zero-order valence-electron chi connectivity index (χ0n) is 18.4. The summed E-state index contributed by atoms with van der Waals surface area (Å²) in [6.07, 6.45) is 9.71. The molecule has 4 atom stereocenters. The molecule has 1 aromatic heterocycles. The molecule has 4 N–H and O–H groups in total. The van der Waals surface area contributed by atoms with Gasteiger partial charge >= 0.3 is 5.97 Å². The summed E-state index contributed by atoms with van der Waals surface area (Å²) in [5, 5.41) is 20.6. The maximum atomic E-state index is 12.0. The number of ether oxygens (including phenoxy) is 2. The number of aromatic nitrogens is 1. The van der Waals surface area contributed by atoms with Crippen LogP contribution < -0.4 is 10.3 Å². The van der Waals surface area contributed by atoms with Gasteiger partial charge in [-0.15, -0.1) is 0 Å². The average Bonchev–Trinajstić information content (AvgIpc) is 3.05. The Labute approximate surface area is 184 Å². The number of pyridine rings is 1. The highest BCUT2D eigenvalue weighted by Gasteiger charge is 2.48. The number of carbonyl (C=O) groups excluding carboxylic acids is 2. The lowest BCUT2D eigenvalue weighted by atomic mass is 10.1. The maximum Gasteiger partial charge on any atom is 0.305 e. The normalized spacial score (nSPS) is 23.1. The first-order valence-corrected chi connectivity index (χ1v) is 11.4. The van der Waals surface area contributed by atoms with Crippen molar-refractivity contribution in [1.82, 2.24) is 0 Å². The van der Waals surface area contributed by atoms with Crippen molar-refractivity contribution in [2.24, 2.45) is 5.73 Å². The molecule has 0 saturated carbocycles. The second-order valence-corrected chi connectivity index (χ2v) is 8.21. The molecule has 1 amide bonds. The Balaban J connectivity index is 1.67. The fourth-order valence-corrected chi connectivity index (χ4v) is 3.74. The fraction of sp³-hybridized carbons (Fsp3) is 0.696. The zero-order chi connectivity index (χ0) is 22.6. The number of unbranched alkanes of at least 4 members (excludes halogenated alkanes) is 8. The predicted molar refractivity (Wildman–Crippen MR) is 114 cm³/mol. The summed E-state index contributed by atoms with van der Waals surface area (Å²) in [4.78, 5) is 23.3. The van der Waals surface area contributed by atoms with Gasteiger partial charge in [0.2, 0.25) is 0 Å². The van der Waals surface area contributed by atoms with Gasteiger partial charge in [-0.05, 0) is 12.5 Å². The van der Waals surface area contributed by atoms with Crippen LogP contribution in [0.4, 0.5) is 0 Å². The van der Waals surface area contributed by atoms with Crippen molar-refractivity contribution in [2.75, 3.05) is 6.61 Å². The van der Waals surface area contributed by atoms with Crippen LogP contribution >= 0.6 is 0 Å². The van der Waals surface area contributed by atoms with Gasteiger partial charge in [0.1, 0.15) is 24.4 Å². The van der Waals surface area contributed by atoms with Crippen LogP contribution in [0.1, 0.15) is 87.7 Å². The summed E-state index contributed by atoms with van der Waals surface area (Å²) in [7, 11) is 0. The van der Waals surface area contributed by atoms with E-state index in [1.165, 1.54) is 49.3 Å². The van der Waals surface area contributed by atoms with Crippen LogP contribution in [0.5, 0.6) is 0 Å². The third-order valence-corrected chi connectivity index (χ3v) is 5.63. The quantitative estimate of drug-likeness (QED) is 0.233. The van der Waals surface area contributed by atoms with Crippen molar-refractivity contribution in [3.05, 3.63) is 30.1 Å². The van der Waals surface area contributed by atoms with E-state index in [0.29, 0.717) is 6.42 Å². The van der Waals surface area contributed by atoms with E-state index in [-0.39, 0.29) is 18.1 Å². The van der Waals surface area contributed by atoms with Crippen LogP contribution in [0.15, 0.2) is 24.5 Å². The summed E-state index contributed by atoms with van der Waals surface area (Å²) in [5.41, 5.74) is 5.53. The van der Waals surface area contributed by atoms with Gasteiger partial charge in [0.05, 0.1) is 0 Å². The van der Waals surface area contributed by atoms with Gasteiger partial charge in [-0.3, -0.25) is 9.59 Å². The molecule has 0 radical (unpaired) electrons. The van der Waals surface area contributed by atoms with Crippen molar-refractivity contribution in [1.29, 1.82) is 0 Å². The third kappa shape index (κ3) is 8.20. The number of aliphatic hydroxyl groups excluding tert-OH is 2. The molecule has 0 aromatic carbocycles. The molecule has 8 heteroatoms. The summed E-state index contributed by atoms with van der Waals surface area (Å²) in [6.45, 7) is 2.07. The Kier molecular flexibility index (Phi) is 10.9. The lowest BCUT2D eigenvalue weighted by molar-refractivity contribution is -0.765. The van der Waals surface area contributed by atoms with Crippen LogP contribution in [0.3, 0.4) is 0 Å². The number of amides is 1. The minimum atomic E-state index is -1.23. The molecule has 0 bridgehead atoms. The molecule has 1 aromatic rings. The topological polar surface area (TPSA) is 123 Å². The maximum absolute atomic E-state index is 12.0. The van der Waals surface area contributed by atoms with Crippen LogP contribution in [0.25, 0.3) is 0 Å². The van der Waals surface area contributed by atoms with Crippen molar-refractivity contribution < 1.29 is 33.8 Å². The van der Waals surface area contributed by atoms with Gasteiger partial charge < -0.3 is 25.4 Å². The molecular weight excluding hydrogens is 400 g/mol. The van der Waals surface area contributed by atoms with Crippen molar-refractivity contribution >= 4 is 11.9 Å². The highest BCUT2D eigenvalue weighted by atomic mass is 16.6. The van der Waals surface area contributed by atoms with Gasteiger partial charge in [-0.25, -0.2) is 0 Å². The van der Waals surface area contributed by atoms with Crippen molar-refractivity contribution in [2.45, 2.75) is 95.7 Å². The van der Waals surface area contributed by atoms with Gasteiger partial charge in [0, 0.05) is 12.5 Å². The van der Waals surface area contributed by atoms with Crippen molar-refractivity contribution in [3.8, 4) is 0 Å². The highest BCUT2D eigenvalue weighted by molar-refractivity contribution is 5.92. The number of primary amides is 1. The Morgan fingerprint density at radius 1 is 1.06 bits per heavy atom. The number of nitrogens with two attached hydrogens (primary N) is 1. The molecule has 174 valence electrons. The first kappa shape index (κ1) is 25.2. The minimum absolute atomic E-state index is 0.138. The third-order valence-electron chi connectivity index (χ3n) is 5.63. The lowest BCUT2D eigenvalue weighted by Crippen LogP contribution is -2.46. The first-order valence-electron chi connectivity index (χ1n) is 11.4. The molecule has 1 fully saturated rings. The molecule has 0 unspecified atom stereocenters. The number of rotatable bonds is 14. The second kappa shape index (κ2) is 13.4. The smallest absolute Gasteiger partial charge is 0.305 e. The first-order chi connectivity index (χ1) is 14.9. The van der Waals surface area contributed by atoms with Crippen LogP contribution in [0, 0.1) is 0 Å². The van der Waals surface area contributed by atoms with E-state index in [4.69, 9.17) is 15.2 Å². The molecular formula is C23H37N2O6+. The summed E-state index contributed by atoms with van der Waals surface area (Å²) < 4.78 is 12.4. The fourth-order valence-electron chi connectivity index (χ4n) is 3.74. The standard InChI is InChI=1S/C23H36N2O6/c1-2-3-4-5-6-7-8-9-10-13-19(26)30-16-18-20(27)21(28)23(31-18)25-14-11-12-17(15-25)22(24)29/h11-12,14-15,18,20-21,23,27-28H,2-10,13,16H2,1H3,(H-,24,29)/p+1/t18-,20-,21-,23-/m1/s1. The molecule has 8 nitrogen and oxygen atoms in total. The monoisotopic (exact) mass is 437 g/mol. The van der Waals surface area contributed by atoms with E-state index in [1.54, 1.807) is 18.3 Å². The number of aliphatic hydroxyl groups is 2. The lowest BCUT2D eigenvalue weighted by Gasteiger charge is -2.13. The van der Waals surface area contributed by atoms with Crippen molar-refractivity contribution in [3.63, 3.8) is 0 Å². The highest BCUT2D eigenvalue weighted by Crippen LogP contribution is 2.26. The number of hydrogen-bond acceptors (Lipinski definition) is 6. The van der Waals surface area contributed by atoms with Gasteiger partial charge in [-0.2, -0.15) is 4.57 Å². The van der Waals surface area contributed by atoms with E-state index in [1.807, 2.05) is 0 Å². The van der Waals surface area contributed by atoms with Gasteiger partial charge in [0.25, 0.3) is 12.1 Å². The van der Waals surface area contributed by atoms with E-state index in [9.17, 15) is 19.8 Å². The Morgan fingerprint density at radius 3 is 2.35 bits per heavy atom. The Morgan fingerprint density at radius 2 is 1.71 bits per heavy atom. The average molecular weight is 438 g/mol. The van der Waals surface area contributed by atoms with Crippen LogP contribution in [0.2, 0.25) is 0 Å². The number of esters is 1. The number of hydrogen-bond donors (Lipinski definition) is 3. The SMILES string of the molecule is CCCCCCCCCCCC(=O)OC[C@H]1O[C@@H]([n+]2cccc(C(N)=O)c2)[C@H](O)[C@@H]1O. The minimum Gasteiger partial charge on any atom is -0.463 e. The van der Waals surface area contributed by atoms with E-state index in [0.717, 1.165) is 19.3 Å². The summed E-state index contributed by atoms with van der Waals surface area (Å²) in [5.74, 6) is -0.940. The number of carbonyl (C=O) groups is 2. The molecule has 0 spiro atoms. The molecule has 1 saturated heterocycles. The second-order valence-electron chi connectivity index (χ2n) is 8.21. The molecule has 1 aliphatic heterocycles. The van der Waals surface area contributed by atoms with Gasteiger partial charge in [0.15, 0.2) is 18.5 Å². The molecule has 31 heavy (non-hydrogen) atoms. The zero-order valence-corrected chi connectivity index (χ0v) is 18.4. The van der Waals surface area contributed by atoms with Gasteiger partial charge in [-0.1, -0.05) is 58.3 Å². The van der Waals surface area contributed by atoms with E-state index >= 15 is 0 Å². The summed E-state index contributed by atoms with van der Waals surface area (Å²) >= 11 is 0. The Bertz CT molecular complexity index is 698. The van der Waals surface area contributed by atoms with E-state index in [2.05, 4.69) is 6.92 Å². The largest absolute Gasteiger partial charge is 0.463 e. The van der Waals surface area contributed by atoms with Crippen LogP contribution in [-0.2, 0) is 14.3 Å². The van der Waals surface area contributed by atoms with E-state index < -0.39 is 30.4 Å². The Hall–Kier alpha value is -2.03. The van der Waals surface area contributed by atoms with Crippen LogP contribution in [-0.4, -0.2) is 47.0 Å². The molecule has 0 aliphatic carbocycles. The number of nitrogens with zero attached hydrogens (tertiary/aromatic N) is 1. The molecule has 2 heterocycles.